The fourth-order valence-electron chi connectivity index (χ4n) is 3.25. The molecule has 1 aromatic rings. The number of amides is 1. The van der Waals surface area contributed by atoms with Crippen LogP contribution >= 0.6 is 0 Å². The second-order valence-corrected chi connectivity index (χ2v) is 5.52. The predicted octanol–water partition coefficient (Wildman–Crippen LogP) is 1.79. The van der Waals surface area contributed by atoms with Crippen molar-refractivity contribution in [3.05, 3.63) is 35.9 Å². The van der Waals surface area contributed by atoms with Gasteiger partial charge in [-0.1, -0.05) is 30.3 Å². The van der Waals surface area contributed by atoms with Gasteiger partial charge < -0.3 is 10.2 Å². The maximum absolute atomic E-state index is 12.6. The van der Waals surface area contributed by atoms with E-state index in [1.165, 1.54) is 5.56 Å². The van der Waals surface area contributed by atoms with Gasteiger partial charge in [-0.2, -0.15) is 0 Å². The lowest BCUT2D eigenvalue weighted by molar-refractivity contribution is -0.145. The fourth-order valence-corrected chi connectivity index (χ4v) is 3.25. The van der Waals surface area contributed by atoms with Crippen LogP contribution < -0.4 is 5.32 Å². The monoisotopic (exact) mass is 244 g/mol. The van der Waals surface area contributed by atoms with E-state index in [-0.39, 0.29) is 5.41 Å². The van der Waals surface area contributed by atoms with E-state index in [1.54, 1.807) is 0 Å². The van der Waals surface area contributed by atoms with Gasteiger partial charge in [-0.25, -0.2) is 0 Å². The average Bonchev–Trinajstić information content (AvgIpc) is 2.86. The van der Waals surface area contributed by atoms with Crippen LogP contribution in [0.1, 0.15) is 24.8 Å². The number of carbonyl (C=O) groups is 1. The Morgan fingerprint density at radius 3 is 2.78 bits per heavy atom. The van der Waals surface area contributed by atoms with Gasteiger partial charge in [-0.15, -0.1) is 0 Å². The molecule has 2 heterocycles. The molecule has 1 N–H and O–H groups in total. The van der Waals surface area contributed by atoms with Crippen molar-refractivity contribution >= 4 is 5.91 Å². The molecule has 0 radical (unpaired) electrons. The lowest BCUT2D eigenvalue weighted by atomic mass is 9.78. The zero-order valence-corrected chi connectivity index (χ0v) is 10.7. The van der Waals surface area contributed by atoms with Crippen LogP contribution in [0.15, 0.2) is 30.3 Å². The Balaban J connectivity index is 1.75. The van der Waals surface area contributed by atoms with E-state index in [2.05, 4.69) is 17.4 Å². The van der Waals surface area contributed by atoms with Gasteiger partial charge in [0.25, 0.3) is 0 Å². The maximum Gasteiger partial charge on any atom is 0.230 e. The number of hydrogen-bond acceptors (Lipinski definition) is 2. The van der Waals surface area contributed by atoms with Crippen LogP contribution in [-0.4, -0.2) is 30.4 Å². The summed E-state index contributed by atoms with van der Waals surface area (Å²) in [5.41, 5.74) is 1.14. The van der Waals surface area contributed by atoms with Crippen molar-refractivity contribution in [3.63, 3.8) is 0 Å². The van der Waals surface area contributed by atoms with Gasteiger partial charge in [0.1, 0.15) is 0 Å². The van der Waals surface area contributed by atoms with E-state index in [0.717, 1.165) is 45.4 Å². The molecule has 3 nitrogen and oxygen atoms in total. The second-order valence-electron chi connectivity index (χ2n) is 5.52. The van der Waals surface area contributed by atoms with Crippen molar-refractivity contribution in [2.45, 2.75) is 25.8 Å². The van der Waals surface area contributed by atoms with Crippen LogP contribution in [0.3, 0.4) is 0 Å². The third-order valence-electron chi connectivity index (χ3n) is 4.28. The topological polar surface area (TPSA) is 32.3 Å². The van der Waals surface area contributed by atoms with Crippen LogP contribution in [0.5, 0.6) is 0 Å². The summed E-state index contributed by atoms with van der Waals surface area (Å²) >= 11 is 0. The molecule has 2 saturated heterocycles. The Morgan fingerprint density at radius 1 is 1.22 bits per heavy atom. The number of piperidine rings is 1. The first kappa shape index (κ1) is 11.7. The Bertz CT molecular complexity index is 423. The van der Waals surface area contributed by atoms with E-state index in [4.69, 9.17) is 0 Å². The van der Waals surface area contributed by atoms with Gasteiger partial charge in [0.2, 0.25) is 5.91 Å². The molecule has 2 aliphatic rings. The second kappa shape index (κ2) is 4.73. The number of nitrogens with one attached hydrogen (secondary N) is 1. The first-order valence-corrected chi connectivity index (χ1v) is 6.84. The molecular weight excluding hydrogens is 224 g/mol. The molecular formula is C15H20N2O. The van der Waals surface area contributed by atoms with Gasteiger partial charge in [-0.3, -0.25) is 4.79 Å². The number of benzene rings is 1. The summed E-state index contributed by atoms with van der Waals surface area (Å²) < 4.78 is 0. The third-order valence-corrected chi connectivity index (χ3v) is 4.28. The first-order valence-electron chi connectivity index (χ1n) is 6.84. The quantitative estimate of drug-likeness (QED) is 0.860. The molecule has 1 atom stereocenters. The van der Waals surface area contributed by atoms with Crippen molar-refractivity contribution in [2.24, 2.45) is 5.41 Å². The summed E-state index contributed by atoms with van der Waals surface area (Å²) in [6.07, 6.45) is 3.21. The van der Waals surface area contributed by atoms with Gasteiger partial charge in [0.15, 0.2) is 0 Å². The molecule has 1 spiro atoms. The summed E-state index contributed by atoms with van der Waals surface area (Å²) in [5.74, 6) is 0.364. The van der Waals surface area contributed by atoms with Gasteiger partial charge in [0.05, 0.1) is 5.41 Å². The molecule has 2 fully saturated rings. The van der Waals surface area contributed by atoms with E-state index in [0.29, 0.717) is 5.91 Å². The lowest BCUT2D eigenvalue weighted by Crippen LogP contribution is -2.49. The first-order chi connectivity index (χ1) is 8.80. The molecule has 1 aromatic carbocycles. The highest BCUT2D eigenvalue weighted by Crippen LogP contribution is 2.37. The smallest absolute Gasteiger partial charge is 0.230 e. The zero-order valence-electron chi connectivity index (χ0n) is 10.7. The van der Waals surface area contributed by atoms with Crippen molar-refractivity contribution in [1.82, 2.24) is 10.2 Å². The largest absolute Gasteiger partial charge is 0.338 e. The van der Waals surface area contributed by atoms with E-state index in [1.807, 2.05) is 23.1 Å². The highest BCUT2D eigenvalue weighted by molar-refractivity contribution is 5.84. The van der Waals surface area contributed by atoms with Crippen molar-refractivity contribution in [1.29, 1.82) is 0 Å². The van der Waals surface area contributed by atoms with Crippen LogP contribution in [0.2, 0.25) is 0 Å². The molecule has 1 amide bonds. The van der Waals surface area contributed by atoms with Crippen LogP contribution in [0, 0.1) is 5.41 Å². The Labute approximate surface area is 108 Å². The molecule has 96 valence electrons. The van der Waals surface area contributed by atoms with Gasteiger partial charge >= 0.3 is 0 Å². The number of hydrogen-bond donors (Lipinski definition) is 1. The van der Waals surface area contributed by atoms with E-state index < -0.39 is 0 Å². The number of rotatable bonds is 2. The average molecular weight is 244 g/mol. The SMILES string of the molecule is O=C1N(Cc2ccccc2)CCC[C@]12CCNC2. The highest BCUT2D eigenvalue weighted by Gasteiger charge is 2.45. The molecule has 3 heteroatoms. The van der Waals surface area contributed by atoms with E-state index >= 15 is 0 Å². The minimum atomic E-state index is -0.0902. The zero-order chi connectivity index (χ0) is 12.4. The normalized spacial score (nSPS) is 28.0. The Hall–Kier alpha value is -1.35. The Morgan fingerprint density at radius 2 is 2.06 bits per heavy atom. The lowest BCUT2D eigenvalue weighted by Gasteiger charge is -2.39. The Kier molecular flexibility index (Phi) is 3.08. The standard InChI is InChI=1S/C15H20N2O/c18-14-15(8-9-16-12-15)7-4-10-17(14)11-13-5-2-1-3-6-13/h1-3,5-6,16H,4,7-12H2/t15-/m1/s1. The maximum atomic E-state index is 12.6. The number of carbonyl (C=O) groups excluding carboxylic acids is 1. The van der Waals surface area contributed by atoms with Crippen molar-refractivity contribution < 1.29 is 4.79 Å². The summed E-state index contributed by atoms with van der Waals surface area (Å²) in [7, 11) is 0. The van der Waals surface area contributed by atoms with Crippen molar-refractivity contribution in [3.8, 4) is 0 Å². The van der Waals surface area contributed by atoms with Gasteiger partial charge in [0, 0.05) is 19.6 Å². The predicted molar refractivity (Wildman–Crippen MR) is 71.0 cm³/mol. The van der Waals surface area contributed by atoms with E-state index in [9.17, 15) is 4.79 Å². The van der Waals surface area contributed by atoms with Gasteiger partial charge in [-0.05, 0) is 31.4 Å². The van der Waals surface area contributed by atoms with Crippen LogP contribution in [-0.2, 0) is 11.3 Å². The number of nitrogens with zero attached hydrogens (tertiary/aromatic N) is 1. The summed E-state index contributed by atoms with van der Waals surface area (Å²) in [6, 6.07) is 10.3. The minimum absolute atomic E-state index is 0.0902. The molecule has 0 bridgehead atoms. The van der Waals surface area contributed by atoms with Crippen LogP contribution in [0.4, 0.5) is 0 Å². The summed E-state index contributed by atoms with van der Waals surface area (Å²) in [5, 5.41) is 3.35. The molecule has 0 saturated carbocycles. The fraction of sp³-hybridized carbons (Fsp3) is 0.533. The molecule has 3 rings (SSSR count). The van der Waals surface area contributed by atoms with Crippen molar-refractivity contribution in [2.75, 3.05) is 19.6 Å². The molecule has 0 unspecified atom stereocenters. The molecule has 0 aromatic heterocycles. The third kappa shape index (κ3) is 2.03. The van der Waals surface area contributed by atoms with Crippen LogP contribution in [0.25, 0.3) is 0 Å². The highest BCUT2D eigenvalue weighted by atomic mass is 16.2. The summed E-state index contributed by atoms with van der Waals surface area (Å²) in [4.78, 5) is 14.7. The molecule has 18 heavy (non-hydrogen) atoms. The minimum Gasteiger partial charge on any atom is -0.338 e. The number of likely N-dealkylation sites (tertiary alicyclic amines) is 1. The summed E-state index contributed by atoms with van der Waals surface area (Å²) in [6.45, 7) is 3.54. The molecule has 2 aliphatic heterocycles. The molecule has 0 aliphatic carbocycles.